The van der Waals surface area contributed by atoms with Crippen LogP contribution in [0.25, 0.3) is 0 Å². The highest BCUT2D eigenvalue weighted by molar-refractivity contribution is 5.94. The summed E-state index contributed by atoms with van der Waals surface area (Å²) in [7, 11) is 1.44. The van der Waals surface area contributed by atoms with Gasteiger partial charge in [0.15, 0.2) is 0 Å². The van der Waals surface area contributed by atoms with E-state index < -0.39 is 4.92 Å². The van der Waals surface area contributed by atoms with Gasteiger partial charge in [-0.3, -0.25) is 14.9 Å². The first-order chi connectivity index (χ1) is 12.2. The zero-order chi connectivity index (χ0) is 19.3. The molecule has 0 radical (unpaired) electrons. The second-order valence-electron chi connectivity index (χ2n) is 7.93. The molecule has 0 heterocycles. The van der Waals surface area contributed by atoms with Crippen molar-refractivity contribution in [2.24, 2.45) is 11.3 Å². The van der Waals surface area contributed by atoms with Gasteiger partial charge in [0.2, 0.25) is 5.91 Å². The second kappa shape index (κ2) is 8.49. The maximum atomic E-state index is 12.3. The molecule has 2 unspecified atom stereocenters. The zero-order valence-corrected chi connectivity index (χ0v) is 16.0. The average Bonchev–Trinajstić information content (AvgIpc) is 2.59. The summed E-state index contributed by atoms with van der Waals surface area (Å²) in [4.78, 5) is 23.0. The van der Waals surface area contributed by atoms with Gasteiger partial charge >= 0.3 is 0 Å². The van der Waals surface area contributed by atoms with Gasteiger partial charge in [-0.25, -0.2) is 0 Å². The predicted molar refractivity (Wildman–Crippen MR) is 101 cm³/mol. The Labute approximate surface area is 154 Å². The minimum absolute atomic E-state index is 0.139. The molecule has 0 spiro atoms. The highest BCUT2D eigenvalue weighted by atomic mass is 16.6. The van der Waals surface area contributed by atoms with Crippen LogP contribution in [0.15, 0.2) is 18.2 Å². The number of benzene rings is 1. The largest absolute Gasteiger partial charge is 0.496 e. The first kappa shape index (κ1) is 20.2. The van der Waals surface area contributed by atoms with Crippen LogP contribution in [-0.2, 0) is 4.79 Å². The lowest BCUT2D eigenvalue weighted by atomic mass is 9.69. The van der Waals surface area contributed by atoms with Crippen LogP contribution in [0.5, 0.6) is 5.75 Å². The van der Waals surface area contributed by atoms with Crippen molar-refractivity contribution in [2.45, 2.75) is 52.5 Å². The molecule has 1 aliphatic rings. The molecule has 7 nitrogen and oxygen atoms in total. The Morgan fingerprint density at radius 1 is 1.31 bits per heavy atom. The fourth-order valence-corrected chi connectivity index (χ4v) is 3.73. The van der Waals surface area contributed by atoms with Crippen molar-refractivity contribution in [1.82, 2.24) is 5.32 Å². The highest BCUT2D eigenvalue weighted by Crippen LogP contribution is 2.38. The molecule has 1 fully saturated rings. The molecule has 0 aromatic heterocycles. The second-order valence-corrected chi connectivity index (χ2v) is 7.93. The van der Waals surface area contributed by atoms with E-state index >= 15 is 0 Å². The number of methoxy groups -OCH3 is 1. The van der Waals surface area contributed by atoms with Crippen LogP contribution in [0.4, 0.5) is 11.4 Å². The van der Waals surface area contributed by atoms with Crippen molar-refractivity contribution >= 4 is 17.3 Å². The number of anilines is 1. The summed E-state index contributed by atoms with van der Waals surface area (Å²) in [5, 5.41) is 17.2. The molecule has 1 aliphatic carbocycles. The van der Waals surface area contributed by atoms with E-state index in [4.69, 9.17) is 4.74 Å². The van der Waals surface area contributed by atoms with Crippen LogP contribution in [0, 0.1) is 21.4 Å². The van der Waals surface area contributed by atoms with Crippen molar-refractivity contribution < 1.29 is 14.5 Å². The monoisotopic (exact) mass is 363 g/mol. The number of carbonyl (C=O) groups is 1. The lowest BCUT2D eigenvalue weighted by Gasteiger charge is -2.40. The third-order valence-corrected chi connectivity index (χ3v) is 5.08. The van der Waals surface area contributed by atoms with Crippen LogP contribution < -0.4 is 15.4 Å². The van der Waals surface area contributed by atoms with Crippen molar-refractivity contribution in [3.63, 3.8) is 0 Å². The normalized spacial score (nSPS) is 20.5. The summed E-state index contributed by atoms with van der Waals surface area (Å²) >= 11 is 0. The molecular formula is C19H29N3O4. The van der Waals surface area contributed by atoms with Gasteiger partial charge < -0.3 is 15.4 Å². The third-order valence-electron chi connectivity index (χ3n) is 5.08. The highest BCUT2D eigenvalue weighted by Gasteiger charge is 2.34. The number of nitrogens with zero attached hydrogens (tertiary/aromatic N) is 1. The molecular weight excluding hydrogens is 334 g/mol. The van der Waals surface area contributed by atoms with E-state index in [1.165, 1.54) is 25.7 Å². The van der Waals surface area contributed by atoms with Crippen LogP contribution in [-0.4, -0.2) is 30.5 Å². The minimum atomic E-state index is -0.525. The molecule has 1 amide bonds. The van der Waals surface area contributed by atoms with Gasteiger partial charge in [-0.15, -0.1) is 0 Å². The number of ether oxygens (including phenoxy) is 1. The van der Waals surface area contributed by atoms with E-state index in [1.807, 2.05) is 0 Å². The summed E-state index contributed by atoms with van der Waals surface area (Å²) in [6, 6.07) is 4.68. The smallest absolute Gasteiger partial charge is 0.296 e. The lowest BCUT2D eigenvalue weighted by Crippen LogP contribution is -2.46. The Morgan fingerprint density at radius 2 is 2.00 bits per heavy atom. The number of hydrogen-bond acceptors (Lipinski definition) is 5. The molecule has 0 saturated heterocycles. The van der Waals surface area contributed by atoms with Crippen LogP contribution in [0.1, 0.15) is 46.5 Å². The van der Waals surface area contributed by atoms with Crippen LogP contribution in [0.3, 0.4) is 0 Å². The zero-order valence-electron chi connectivity index (χ0n) is 16.0. The van der Waals surface area contributed by atoms with Crippen molar-refractivity contribution in [3.05, 3.63) is 28.3 Å². The quantitative estimate of drug-likeness (QED) is 0.593. The van der Waals surface area contributed by atoms with Gasteiger partial charge in [-0.1, -0.05) is 33.6 Å². The molecule has 2 rings (SSSR count). The Kier molecular flexibility index (Phi) is 6.58. The van der Waals surface area contributed by atoms with Gasteiger partial charge in [-0.05, 0) is 36.3 Å². The minimum Gasteiger partial charge on any atom is -0.496 e. The maximum Gasteiger partial charge on any atom is 0.296 e. The maximum absolute atomic E-state index is 12.3. The number of hydrogen-bond donors (Lipinski definition) is 2. The van der Waals surface area contributed by atoms with Gasteiger partial charge in [0.05, 0.1) is 24.6 Å². The first-order valence-corrected chi connectivity index (χ1v) is 9.08. The number of amides is 1. The summed E-state index contributed by atoms with van der Waals surface area (Å²) < 4.78 is 5.01. The molecule has 7 heteroatoms. The molecule has 1 aromatic carbocycles. The molecule has 0 aliphatic heterocycles. The number of nitrogens with one attached hydrogen (secondary N) is 2. The number of rotatable bonds is 6. The molecule has 2 atom stereocenters. The molecule has 1 aromatic rings. The molecule has 26 heavy (non-hydrogen) atoms. The Balaban J connectivity index is 1.99. The number of nitro benzene ring substituents is 1. The molecule has 1 saturated carbocycles. The fourth-order valence-electron chi connectivity index (χ4n) is 3.73. The summed E-state index contributed by atoms with van der Waals surface area (Å²) in [5.74, 6) is 0.610. The summed E-state index contributed by atoms with van der Waals surface area (Å²) in [6.07, 6.45) is 4.60. The van der Waals surface area contributed by atoms with Gasteiger partial charge in [0.1, 0.15) is 11.4 Å². The molecule has 2 N–H and O–H groups in total. The van der Waals surface area contributed by atoms with E-state index in [2.05, 4.69) is 31.4 Å². The molecule has 0 bridgehead atoms. The summed E-state index contributed by atoms with van der Waals surface area (Å²) in [5.41, 5.74) is 0.185. The summed E-state index contributed by atoms with van der Waals surface area (Å²) in [6.45, 7) is 6.84. The van der Waals surface area contributed by atoms with E-state index in [0.717, 1.165) is 19.3 Å². The third kappa shape index (κ3) is 5.17. The Bertz CT molecular complexity index is 655. The average molecular weight is 363 g/mol. The van der Waals surface area contributed by atoms with Gasteiger partial charge in [0, 0.05) is 6.04 Å². The molecule has 144 valence electrons. The van der Waals surface area contributed by atoms with Gasteiger partial charge in [0.25, 0.3) is 5.69 Å². The number of carbonyl (C=O) groups excluding carboxylic acids is 1. The van der Waals surface area contributed by atoms with E-state index in [9.17, 15) is 14.9 Å². The Morgan fingerprint density at radius 3 is 2.62 bits per heavy atom. The standard InChI is InChI=1S/C19H29N3O4/c1-19(2,3)14-7-5-6-8-15(14)20-12-18(23)21-16-10-9-13(26-4)11-17(16)22(24)25/h9-11,14-15,20H,5-8,12H2,1-4H3,(H,21,23). The Hall–Kier alpha value is -2.15. The van der Waals surface area contributed by atoms with Crippen LogP contribution in [0.2, 0.25) is 0 Å². The van der Waals surface area contributed by atoms with Crippen molar-refractivity contribution in [2.75, 3.05) is 19.0 Å². The SMILES string of the molecule is COc1ccc(NC(=O)CNC2CCCCC2C(C)(C)C)c([N+](=O)[O-])c1. The van der Waals surface area contributed by atoms with Crippen LogP contribution >= 0.6 is 0 Å². The van der Waals surface area contributed by atoms with Gasteiger partial charge in [-0.2, -0.15) is 0 Å². The van der Waals surface area contributed by atoms with E-state index in [-0.39, 0.29) is 29.2 Å². The lowest BCUT2D eigenvalue weighted by molar-refractivity contribution is -0.384. The number of nitro groups is 1. The predicted octanol–water partition coefficient (Wildman–Crippen LogP) is 3.74. The fraction of sp³-hybridized carbons (Fsp3) is 0.632. The van der Waals surface area contributed by atoms with E-state index in [0.29, 0.717) is 17.7 Å². The first-order valence-electron chi connectivity index (χ1n) is 9.08. The van der Waals surface area contributed by atoms with E-state index in [1.54, 1.807) is 6.07 Å². The van der Waals surface area contributed by atoms with Crippen molar-refractivity contribution in [1.29, 1.82) is 0 Å². The van der Waals surface area contributed by atoms with Crippen molar-refractivity contribution in [3.8, 4) is 5.75 Å². The topological polar surface area (TPSA) is 93.5 Å².